The second kappa shape index (κ2) is 7.75. The Balaban J connectivity index is 1.56. The number of rotatable bonds is 3. The summed E-state index contributed by atoms with van der Waals surface area (Å²) in [4.78, 5) is 32.6. The highest BCUT2D eigenvalue weighted by atomic mass is 35.5. The Labute approximate surface area is 180 Å². The highest BCUT2D eigenvalue weighted by Gasteiger charge is 2.33. The van der Waals surface area contributed by atoms with E-state index in [0.717, 1.165) is 29.5 Å². The first-order chi connectivity index (χ1) is 14.6. The Morgan fingerprint density at radius 1 is 1.19 bits per heavy atom. The molecule has 12 heteroatoms. The van der Waals surface area contributed by atoms with Gasteiger partial charge in [0, 0.05) is 11.3 Å². The van der Waals surface area contributed by atoms with Crippen LogP contribution in [0, 0.1) is 5.82 Å². The summed E-state index contributed by atoms with van der Waals surface area (Å²) in [6.45, 7) is 0. The predicted octanol–water partition coefficient (Wildman–Crippen LogP) is 5.28. The number of nitrogens with one attached hydrogen (secondary N) is 2. The SMILES string of the molecule is O=C1Nc2ccc(F)cc2C1=Nc1ncc(C(=O)Nc2ccc(Cl)c(C(F)(F)F)c2)s1. The zero-order valence-corrected chi connectivity index (χ0v) is 16.6. The van der Waals surface area contributed by atoms with Crippen molar-refractivity contribution in [3.05, 3.63) is 69.4 Å². The zero-order valence-electron chi connectivity index (χ0n) is 15.1. The fourth-order valence-corrected chi connectivity index (χ4v) is 3.68. The number of halogens is 5. The van der Waals surface area contributed by atoms with Gasteiger partial charge in [0.05, 0.1) is 22.5 Å². The third kappa shape index (κ3) is 4.28. The smallest absolute Gasteiger partial charge is 0.321 e. The van der Waals surface area contributed by atoms with Gasteiger partial charge in [0.1, 0.15) is 16.4 Å². The number of hydrogen-bond donors (Lipinski definition) is 2. The van der Waals surface area contributed by atoms with E-state index in [4.69, 9.17) is 11.6 Å². The van der Waals surface area contributed by atoms with Crippen LogP contribution in [0.2, 0.25) is 5.02 Å². The summed E-state index contributed by atoms with van der Waals surface area (Å²) in [5.74, 6) is -1.83. The van der Waals surface area contributed by atoms with E-state index in [0.29, 0.717) is 5.69 Å². The number of amides is 2. The number of aromatic nitrogens is 1. The monoisotopic (exact) mass is 468 g/mol. The van der Waals surface area contributed by atoms with Gasteiger partial charge in [0.15, 0.2) is 0 Å². The Bertz CT molecular complexity index is 1260. The molecule has 0 bridgehead atoms. The third-order valence-electron chi connectivity index (χ3n) is 4.15. The van der Waals surface area contributed by atoms with Gasteiger partial charge in [0.2, 0.25) is 5.13 Å². The zero-order chi connectivity index (χ0) is 22.3. The second-order valence-electron chi connectivity index (χ2n) is 6.26. The number of thiazole rings is 1. The number of anilines is 2. The van der Waals surface area contributed by atoms with Crippen molar-refractivity contribution < 1.29 is 27.2 Å². The van der Waals surface area contributed by atoms with E-state index in [1.165, 1.54) is 24.4 Å². The lowest BCUT2D eigenvalue weighted by molar-refractivity contribution is -0.137. The number of aliphatic imine (C=N–C) groups is 1. The molecule has 0 fully saturated rings. The van der Waals surface area contributed by atoms with Crippen molar-refractivity contribution in [1.82, 2.24) is 4.98 Å². The van der Waals surface area contributed by atoms with Crippen LogP contribution >= 0.6 is 22.9 Å². The molecule has 1 aliphatic heterocycles. The summed E-state index contributed by atoms with van der Waals surface area (Å²) in [7, 11) is 0. The lowest BCUT2D eigenvalue weighted by atomic mass is 10.1. The van der Waals surface area contributed by atoms with E-state index in [2.05, 4.69) is 20.6 Å². The van der Waals surface area contributed by atoms with Crippen molar-refractivity contribution >= 4 is 57.0 Å². The average Bonchev–Trinajstić information content (AvgIpc) is 3.28. The molecule has 2 heterocycles. The minimum Gasteiger partial charge on any atom is -0.321 e. The van der Waals surface area contributed by atoms with Gasteiger partial charge in [0.25, 0.3) is 11.8 Å². The van der Waals surface area contributed by atoms with Gasteiger partial charge < -0.3 is 10.6 Å². The van der Waals surface area contributed by atoms with Gasteiger partial charge in [-0.05, 0) is 36.4 Å². The third-order valence-corrected chi connectivity index (χ3v) is 5.37. The molecule has 1 aromatic heterocycles. The highest BCUT2D eigenvalue weighted by Crippen LogP contribution is 2.36. The highest BCUT2D eigenvalue weighted by molar-refractivity contribution is 7.17. The lowest BCUT2D eigenvalue weighted by Crippen LogP contribution is -2.13. The Morgan fingerprint density at radius 3 is 2.71 bits per heavy atom. The maximum atomic E-state index is 13.5. The van der Waals surface area contributed by atoms with Crippen molar-refractivity contribution in [3.8, 4) is 0 Å². The molecule has 31 heavy (non-hydrogen) atoms. The van der Waals surface area contributed by atoms with Gasteiger partial charge in [-0.3, -0.25) is 9.59 Å². The van der Waals surface area contributed by atoms with E-state index in [9.17, 15) is 27.2 Å². The number of carbonyl (C=O) groups excluding carboxylic acids is 2. The van der Waals surface area contributed by atoms with Crippen molar-refractivity contribution in [3.63, 3.8) is 0 Å². The summed E-state index contributed by atoms with van der Waals surface area (Å²) in [6, 6.07) is 6.70. The summed E-state index contributed by atoms with van der Waals surface area (Å²) < 4.78 is 52.4. The van der Waals surface area contributed by atoms with Gasteiger partial charge in [-0.1, -0.05) is 22.9 Å². The molecule has 0 saturated carbocycles. The maximum Gasteiger partial charge on any atom is 0.417 e. The first-order valence-electron chi connectivity index (χ1n) is 8.46. The molecule has 3 aromatic rings. The average molecular weight is 469 g/mol. The Kier molecular flexibility index (Phi) is 5.23. The number of fused-ring (bicyclic) bond motifs is 1. The molecule has 158 valence electrons. The summed E-state index contributed by atoms with van der Waals surface area (Å²) in [5.41, 5.74) is -0.609. The van der Waals surface area contributed by atoms with Crippen LogP contribution < -0.4 is 10.6 Å². The molecule has 1 aliphatic rings. The number of carbonyl (C=O) groups is 2. The molecule has 2 aromatic carbocycles. The van der Waals surface area contributed by atoms with Crippen molar-refractivity contribution in [2.75, 3.05) is 10.6 Å². The first kappa shape index (κ1) is 20.9. The minimum absolute atomic E-state index is 0.0412. The molecular formula is C19H9ClF4N4O2S. The summed E-state index contributed by atoms with van der Waals surface area (Å²) in [6.07, 6.45) is -3.51. The largest absolute Gasteiger partial charge is 0.417 e. The normalized spacial score (nSPS) is 14.5. The summed E-state index contributed by atoms with van der Waals surface area (Å²) >= 11 is 6.37. The van der Waals surface area contributed by atoms with Gasteiger partial charge in [-0.25, -0.2) is 14.4 Å². The number of alkyl halides is 3. The van der Waals surface area contributed by atoms with Crippen LogP contribution in [-0.4, -0.2) is 22.5 Å². The van der Waals surface area contributed by atoms with E-state index in [1.807, 2.05) is 0 Å². The lowest BCUT2D eigenvalue weighted by Gasteiger charge is -2.11. The maximum absolute atomic E-state index is 13.5. The number of hydrogen-bond acceptors (Lipinski definition) is 5. The second-order valence-corrected chi connectivity index (χ2v) is 7.67. The van der Waals surface area contributed by atoms with Crippen molar-refractivity contribution in [1.29, 1.82) is 0 Å². The minimum atomic E-state index is -4.68. The van der Waals surface area contributed by atoms with Crippen LogP contribution in [0.1, 0.15) is 20.8 Å². The Hall–Kier alpha value is -3.31. The van der Waals surface area contributed by atoms with Crippen molar-refractivity contribution in [2.45, 2.75) is 6.18 Å². The molecule has 0 saturated heterocycles. The predicted molar refractivity (Wildman–Crippen MR) is 108 cm³/mol. The van der Waals surface area contributed by atoms with Crippen LogP contribution in [0.3, 0.4) is 0 Å². The fourth-order valence-electron chi connectivity index (χ4n) is 2.77. The number of nitrogens with zero attached hydrogens (tertiary/aromatic N) is 2. The van der Waals surface area contributed by atoms with E-state index < -0.39 is 34.4 Å². The van der Waals surface area contributed by atoms with E-state index in [1.54, 1.807) is 0 Å². The topological polar surface area (TPSA) is 83.5 Å². The molecule has 0 atom stereocenters. The van der Waals surface area contributed by atoms with Gasteiger partial charge >= 0.3 is 6.18 Å². The molecule has 4 rings (SSSR count). The molecule has 0 radical (unpaired) electrons. The van der Waals surface area contributed by atoms with Crippen LogP contribution in [-0.2, 0) is 11.0 Å². The Morgan fingerprint density at radius 2 is 1.97 bits per heavy atom. The molecule has 2 N–H and O–H groups in total. The number of benzene rings is 2. The van der Waals surface area contributed by atoms with Crippen molar-refractivity contribution in [2.24, 2.45) is 4.99 Å². The fraction of sp³-hybridized carbons (Fsp3) is 0.0526. The molecule has 0 aliphatic carbocycles. The van der Waals surface area contributed by atoms with Gasteiger partial charge in [-0.2, -0.15) is 13.2 Å². The summed E-state index contributed by atoms with van der Waals surface area (Å²) in [5, 5.41) is 4.42. The van der Waals surface area contributed by atoms with Gasteiger partial charge in [-0.15, -0.1) is 0 Å². The first-order valence-corrected chi connectivity index (χ1v) is 9.65. The van der Waals surface area contributed by atoms with E-state index in [-0.39, 0.29) is 27.0 Å². The standard InChI is InChI=1S/C19H9ClF4N4O2S/c20-12-3-2-9(6-11(12)19(22,23)24)26-16(29)14-7-25-18(31-14)28-15-10-5-8(21)1-4-13(10)27-17(15)30/h1-7H,(H,26,29)(H,25,27,28,30). The molecule has 2 amide bonds. The molecule has 0 spiro atoms. The quantitative estimate of drug-likeness (QED) is 0.513. The molecular weight excluding hydrogens is 460 g/mol. The van der Waals surface area contributed by atoms with Crippen LogP contribution in [0.4, 0.5) is 34.1 Å². The molecule has 0 unspecified atom stereocenters. The van der Waals surface area contributed by atoms with Crippen LogP contribution in [0.15, 0.2) is 47.6 Å². The van der Waals surface area contributed by atoms with Crippen LogP contribution in [0.5, 0.6) is 0 Å². The van der Waals surface area contributed by atoms with E-state index >= 15 is 0 Å². The molecule has 6 nitrogen and oxygen atoms in total. The van der Waals surface area contributed by atoms with Crippen LogP contribution in [0.25, 0.3) is 0 Å².